The number of aromatic nitrogens is 3. The molecule has 8 nitrogen and oxygen atoms in total. The van der Waals surface area contributed by atoms with Gasteiger partial charge in [-0.05, 0) is 47.9 Å². The number of nitriles is 1. The maximum absolute atomic E-state index is 13.0. The third kappa shape index (κ3) is 4.24. The predicted octanol–water partition coefficient (Wildman–Crippen LogP) is 2.74. The van der Waals surface area contributed by atoms with Crippen LogP contribution in [0.2, 0.25) is 0 Å². The summed E-state index contributed by atoms with van der Waals surface area (Å²) in [5.41, 5.74) is 3.07. The Balaban J connectivity index is 1.24. The summed E-state index contributed by atoms with van der Waals surface area (Å²) in [6.07, 6.45) is 3.89. The molecule has 3 heterocycles. The minimum absolute atomic E-state index is 0.0138. The van der Waals surface area contributed by atoms with Crippen LogP contribution in [0, 0.1) is 11.3 Å². The molecule has 0 unspecified atom stereocenters. The molecule has 8 heteroatoms. The van der Waals surface area contributed by atoms with Gasteiger partial charge in [0.1, 0.15) is 11.9 Å². The molecule has 5 rings (SSSR count). The first-order valence-electron chi connectivity index (χ1n) is 11.1. The lowest BCUT2D eigenvalue weighted by molar-refractivity contribution is 0.0746. The van der Waals surface area contributed by atoms with Gasteiger partial charge in [0, 0.05) is 43.3 Å². The van der Waals surface area contributed by atoms with Crippen molar-refractivity contribution in [3.8, 4) is 6.07 Å². The van der Waals surface area contributed by atoms with Crippen LogP contribution in [0.3, 0.4) is 0 Å². The van der Waals surface area contributed by atoms with E-state index in [4.69, 9.17) is 5.26 Å². The number of rotatable bonds is 4. The fourth-order valence-corrected chi connectivity index (χ4v) is 4.28. The van der Waals surface area contributed by atoms with E-state index >= 15 is 0 Å². The van der Waals surface area contributed by atoms with Gasteiger partial charge in [0.05, 0.1) is 17.1 Å². The van der Waals surface area contributed by atoms with Crippen LogP contribution < -0.4 is 10.5 Å². The van der Waals surface area contributed by atoms with E-state index in [1.165, 1.54) is 0 Å². The third-order valence-electron chi connectivity index (χ3n) is 6.16. The van der Waals surface area contributed by atoms with Crippen molar-refractivity contribution in [2.75, 3.05) is 31.1 Å². The number of hydrogen-bond acceptors (Lipinski definition) is 6. The van der Waals surface area contributed by atoms with Crippen LogP contribution in [0.4, 0.5) is 5.82 Å². The Morgan fingerprint density at radius 2 is 1.76 bits per heavy atom. The van der Waals surface area contributed by atoms with Crippen molar-refractivity contribution in [3.05, 3.63) is 99.6 Å². The number of carbonyl (C=O) groups excluding carboxylic acids is 1. The van der Waals surface area contributed by atoms with Gasteiger partial charge < -0.3 is 9.80 Å². The highest BCUT2D eigenvalue weighted by Crippen LogP contribution is 2.20. The summed E-state index contributed by atoms with van der Waals surface area (Å²) >= 11 is 0. The summed E-state index contributed by atoms with van der Waals surface area (Å²) in [6, 6.07) is 19.0. The summed E-state index contributed by atoms with van der Waals surface area (Å²) in [4.78, 5) is 33.3. The molecule has 1 saturated heterocycles. The van der Waals surface area contributed by atoms with Crippen LogP contribution in [0.5, 0.6) is 0 Å². The zero-order chi connectivity index (χ0) is 23.5. The molecule has 0 bridgehead atoms. The number of anilines is 1. The maximum Gasteiger partial charge on any atom is 0.272 e. The van der Waals surface area contributed by atoms with Crippen molar-refractivity contribution in [2.24, 2.45) is 0 Å². The Morgan fingerprint density at radius 3 is 2.47 bits per heavy atom. The molecule has 1 aliphatic rings. The largest absolute Gasteiger partial charge is 0.353 e. The van der Waals surface area contributed by atoms with Crippen molar-refractivity contribution < 1.29 is 4.79 Å². The molecule has 1 aliphatic heterocycles. The number of aromatic amines is 1. The molecule has 0 saturated carbocycles. The number of pyridine rings is 1. The average Bonchev–Trinajstić information content (AvgIpc) is 2.89. The third-order valence-corrected chi connectivity index (χ3v) is 6.16. The van der Waals surface area contributed by atoms with Gasteiger partial charge in [-0.2, -0.15) is 10.4 Å². The van der Waals surface area contributed by atoms with E-state index in [1.807, 2.05) is 47.4 Å². The Labute approximate surface area is 196 Å². The van der Waals surface area contributed by atoms with Crippen LogP contribution >= 0.6 is 0 Å². The Hall–Kier alpha value is -4.51. The minimum Gasteiger partial charge on any atom is -0.353 e. The quantitative estimate of drug-likeness (QED) is 0.513. The highest BCUT2D eigenvalue weighted by Gasteiger charge is 2.23. The van der Waals surface area contributed by atoms with Crippen molar-refractivity contribution >= 4 is 22.5 Å². The molecule has 0 radical (unpaired) electrons. The molecule has 2 aromatic heterocycles. The van der Waals surface area contributed by atoms with Crippen molar-refractivity contribution in [3.63, 3.8) is 0 Å². The average molecular weight is 451 g/mol. The lowest BCUT2D eigenvalue weighted by atomic mass is 9.99. The molecule has 34 heavy (non-hydrogen) atoms. The monoisotopic (exact) mass is 450 g/mol. The van der Waals surface area contributed by atoms with Crippen molar-refractivity contribution in [1.29, 1.82) is 5.26 Å². The molecule has 0 atom stereocenters. The van der Waals surface area contributed by atoms with Gasteiger partial charge in [-0.15, -0.1) is 0 Å². The van der Waals surface area contributed by atoms with Crippen LogP contribution in [-0.2, 0) is 6.42 Å². The number of amides is 1. The topological polar surface area (TPSA) is 106 Å². The minimum atomic E-state index is -0.199. The Morgan fingerprint density at radius 1 is 0.971 bits per heavy atom. The van der Waals surface area contributed by atoms with E-state index in [2.05, 4.69) is 26.2 Å². The Kier molecular flexibility index (Phi) is 5.75. The van der Waals surface area contributed by atoms with Crippen molar-refractivity contribution in [1.82, 2.24) is 20.1 Å². The number of benzene rings is 2. The zero-order valence-corrected chi connectivity index (χ0v) is 18.4. The number of fused-ring (bicyclic) bond motifs is 1. The SMILES string of the molecule is N#Cc1ccc(N2CCN(C(=O)c3ccc(Cc4cccc5c(=O)[nH]ncc45)cc3)CC2)nc1. The number of piperazine rings is 1. The molecular formula is C26H22N6O2. The standard InChI is InChI=1S/C26H22N6O2/c27-15-19-6-9-24(28-16-19)31-10-12-32(13-11-31)26(34)20-7-4-18(5-8-20)14-21-2-1-3-22-23(21)17-29-30-25(22)33/h1-9,16-17H,10-14H2,(H,30,33). The molecule has 1 fully saturated rings. The number of hydrogen-bond donors (Lipinski definition) is 1. The van der Waals surface area contributed by atoms with E-state index in [9.17, 15) is 9.59 Å². The highest BCUT2D eigenvalue weighted by atomic mass is 16.2. The van der Waals surface area contributed by atoms with Crippen LogP contribution in [0.25, 0.3) is 10.8 Å². The van der Waals surface area contributed by atoms with Gasteiger partial charge in [0.15, 0.2) is 0 Å². The first-order valence-corrected chi connectivity index (χ1v) is 11.1. The van der Waals surface area contributed by atoms with Gasteiger partial charge in [0.2, 0.25) is 0 Å². The number of nitrogens with one attached hydrogen (secondary N) is 1. The second kappa shape index (κ2) is 9.16. The van der Waals surface area contributed by atoms with Gasteiger partial charge in [0.25, 0.3) is 11.5 Å². The van der Waals surface area contributed by atoms with E-state index in [1.54, 1.807) is 24.5 Å². The fraction of sp³-hybridized carbons (Fsp3) is 0.192. The molecule has 2 aromatic carbocycles. The van der Waals surface area contributed by atoms with Gasteiger partial charge in [-0.1, -0.05) is 24.3 Å². The van der Waals surface area contributed by atoms with Gasteiger partial charge in [-0.3, -0.25) is 9.59 Å². The van der Waals surface area contributed by atoms with E-state index in [0.29, 0.717) is 49.1 Å². The smallest absolute Gasteiger partial charge is 0.272 e. The summed E-state index contributed by atoms with van der Waals surface area (Å²) in [6.45, 7) is 2.60. The van der Waals surface area contributed by atoms with E-state index < -0.39 is 0 Å². The predicted molar refractivity (Wildman–Crippen MR) is 129 cm³/mol. The number of carbonyl (C=O) groups is 1. The number of nitrogens with zero attached hydrogens (tertiary/aromatic N) is 5. The fourth-order valence-electron chi connectivity index (χ4n) is 4.28. The van der Waals surface area contributed by atoms with Crippen LogP contribution in [0.1, 0.15) is 27.0 Å². The second-order valence-corrected chi connectivity index (χ2v) is 8.25. The van der Waals surface area contributed by atoms with Gasteiger partial charge >= 0.3 is 0 Å². The van der Waals surface area contributed by atoms with Gasteiger partial charge in [-0.25, -0.2) is 10.1 Å². The number of H-pyrrole nitrogens is 1. The molecular weight excluding hydrogens is 428 g/mol. The zero-order valence-electron chi connectivity index (χ0n) is 18.4. The lowest BCUT2D eigenvalue weighted by Crippen LogP contribution is -2.49. The molecule has 168 valence electrons. The molecule has 1 N–H and O–H groups in total. The molecule has 4 aromatic rings. The van der Waals surface area contributed by atoms with Crippen molar-refractivity contribution in [2.45, 2.75) is 6.42 Å². The molecule has 1 amide bonds. The van der Waals surface area contributed by atoms with E-state index in [0.717, 1.165) is 22.3 Å². The second-order valence-electron chi connectivity index (χ2n) is 8.25. The molecule has 0 aliphatic carbocycles. The normalized spacial score (nSPS) is 13.6. The first kappa shape index (κ1) is 21.3. The summed E-state index contributed by atoms with van der Waals surface area (Å²) in [5.74, 6) is 0.834. The van der Waals surface area contributed by atoms with Crippen LogP contribution in [0.15, 0.2) is 71.8 Å². The highest BCUT2D eigenvalue weighted by molar-refractivity contribution is 5.94. The Bertz CT molecular complexity index is 1430. The maximum atomic E-state index is 13.0. The molecule has 0 spiro atoms. The lowest BCUT2D eigenvalue weighted by Gasteiger charge is -2.35. The summed E-state index contributed by atoms with van der Waals surface area (Å²) in [5, 5.41) is 16.8. The summed E-state index contributed by atoms with van der Waals surface area (Å²) < 4.78 is 0. The first-order chi connectivity index (χ1) is 16.6. The summed E-state index contributed by atoms with van der Waals surface area (Å²) in [7, 11) is 0. The van der Waals surface area contributed by atoms with E-state index in [-0.39, 0.29) is 11.5 Å². The van der Waals surface area contributed by atoms with Crippen LogP contribution in [-0.4, -0.2) is 52.2 Å².